The SMILES string of the molecule is C#Cc1cccc(NC(=O)[C@@H](N)CCC)c1. The molecule has 0 aliphatic carbocycles. The molecule has 0 aliphatic rings. The van der Waals surface area contributed by atoms with Crippen LogP contribution in [-0.2, 0) is 4.79 Å². The molecule has 0 fully saturated rings. The standard InChI is InChI=1S/C13H16N2O/c1-3-6-12(14)13(16)15-11-8-5-7-10(4-2)9-11/h2,5,7-9,12H,3,6,14H2,1H3,(H,15,16)/t12-/m0/s1. The van der Waals surface area contributed by atoms with Gasteiger partial charge in [0.25, 0.3) is 0 Å². The molecule has 1 rings (SSSR count). The lowest BCUT2D eigenvalue weighted by Crippen LogP contribution is -2.35. The minimum atomic E-state index is -0.459. The van der Waals surface area contributed by atoms with Gasteiger partial charge < -0.3 is 11.1 Å². The van der Waals surface area contributed by atoms with Gasteiger partial charge in [0.1, 0.15) is 0 Å². The van der Waals surface area contributed by atoms with Crippen LogP contribution in [0.5, 0.6) is 0 Å². The van der Waals surface area contributed by atoms with Crippen LogP contribution in [0.4, 0.5) is 5.69 Å². The number of nitrogens with one attached hydrogen (secondary N) is 1. The average molecular weight is 216 g/mol. The van der Waals surface area contributed by atoms with E-state index in [0.29, 0.717) is 12.1 Å². The van der Waals surface area contributed by atoms with Gasteiger partial charge in [0.2, 0.25) is 5.91 Å². The molecule has 0 bridgehead atoms. The highest BCUT2D eigenvalue weighted by molar-refractivity contribution is 5.94. The topological polar surface area (TPSA) is 55.1 Å². The molecular formula is C13H16N2O. The van der Waals surface area contributed by atoms with Crippen molar-refractivity contribution in [3.8, 4) is 12.3 Å². The fourth-order valence-electron chi connectivity index (χ4n) is 1.36. The monoisotopic (exact) mass is 216 g/mol. The lowest BCUT2D eigenvalue weighted by molar-refractivity contribution is -0.117. The Morgan fingerprint density at radius 3 is 3.00 bits per heavy atom. The first-order valence-electron chi connectivity index (χ1n) is 5.30. The van der Waals surface area contributed by atoms with E-state index in [2.05, 4.69) is 11.2 Å². The van der Waals surface area contributed by atoms with Gasteiger partial charge in [-0.3, -0.25) is 4.79 Å². The molecule has 16 heavy (non-hydrogen) atoms. The van der Waals surface area contributed by atoms with Crippen LogP contribution in [0.3, 0.4) is 0 Å². The normalized spacial score (nSPS) is 11.6. The molecule has 0 spiro atoms. The summed E-state index contributed by atoms with van der Waals surface area (Å²) in [4.78, 5) is 11.6. The number of terminal acetylenes is 1. The Morgan fingerprint density at radius 2 is 2.38 bits per heavy atom. The number of carbonyl (C=O) groups is 1. The summed E-state index contributed by atoms with van der Waals surface area (Å²) in [6.07, 6.45) is 6.84. The summed E-state index contributed by atoms with van der Waals surface area (Å²) in [5.74, 6) is 2.34. The van der Waals surface area contributed by atoms with E-state index < -0.39 is 6.04 Å². The molecular weight excluding hydrogens is 200 g/mol. The van der Waals surface area contributed by atoms with E-state index in [1.165, 1.54) is 0 Å². The predicted molar refractivity (Wildman–Crippen MR) is 65.9 cm³/mol. The third-order valence-electron chi connectivity index (χ3n) is 2.23. The summed E-state index contributed by atoms with van der Waals surface area (Å²) in [5.41, 5.74) is 7.12. The first-order valence-corrected chi connectivity index (χ1v) is 5.30. The van der Waals surface area contributed by atoms with Crippen molar-refractivity contribution < 1.29 is 4.79 Å². The molecule has 0 saturated heterocycles. The fraction of sp³-hybridized carbons (Fsp3) is 0.308. The first kappa shape index (κ1) is 12.3. The number of benzene rings is 1. The molecule has 0 radical (unpaired) electrons. The van der Waals surface area contributed by atoms with Gasteiger partial charge in [-0.2, -0.15) is 0 Å². The molecule has 3 heteroatoms. The van der Waals surface area contributed by atoms with E-state index >= 15 is 0 Å². The molecule has 0 aliphatic heterocycles. The number of amides is 1. The predicted octanol–water partition coefficient (Wildman–Crippen LogP) is 1.73. The molecule has 3 nitrogen and oxygen atoms in total. The average Bonchev–Trinajstić information content (AvgIpc) is 2.29. The summed E-state index contributed by atoms with van der Waals surface area (Å²) in [7, 11) is 0. The smallest absolute Gasteiger partial charge is 0.241 e. The van der Waals surface area contributed by atoms with E-state index in [0.717, 1.165) is 12.0 Å². The third-order valence-corrected chi connectivity index (χ3v) is 2.23. The molecule has 1 amide bonds. The second kappa shape index (κ2) is 5.94. The molecule has 0 saturated carbocycles. The lowest BCUT2D eigenvalue weighted by atomic mass is 10.1. The zero-order valence-electron chi connectivity index (χ0n) is 9.36. The van der Waals surface area contributed by atoms with E-state index in [9.17, 15) is 4.79 Å². The lowest BCUT2D eigenvalue weighted by Gasteiger charge is -2.11. The van der Waals surface area contributed by atoms with Gasteiger partial charge in [0.05, 0.1) is 6.04 Å². The molecule has 1 atom stereocenters. The van der Waals surface area contributed by atoms with Gasteiger partial charge >= 0.3 is 0 Å². The van der Waals surface area contributed by atoms with Crippen molar-refractivity contribution in [3.05, 3.63) is 29.8 Å². The van der Waals surface area contributed by atoms with Crippen molar-refractivity contribution >= 4 is 11.6 Å². The summed E-state index contributed by atoms with van der Waals surface area (Å²) < 4.78 is 0. The van der Waals surface area contributed by atoms with Crippen molar-refractivity contribution in [1.29, 1.82) is 0 Å². The highest BCUT2D eigenvalue weighted by atomic mass is 16.2. The minimum Gasteiger partial charge on any atom is -0.325 e. The maximum Gasteiger partial charge on any atom is 0.241 e. The minimum absolute atomic E-state index is 0.170. The maximum absolute atomic E-state index is 11.6. The second-order valence-electron chi connectivity index (χ2n) is 3.61. The Morgan fingerprint density at radius 1 is 1.62 bits per heavy atom. The Hall–Kier alpha value is -1.79. The van der Waals surface area contributed by atoms with Crippen LogP contribution in [0.25, 0.3) is 0 Å². The van der Waals surface area contributed by atoms with Crippen LogP contribution in [0, 0.1) is 12.3 Å². The molecule has 0 aromatic heterocycles. The zero-order chi connectivity index (χ0) is 12.0. The summed E-state index contributed by atoms with van der Waals surface area (Å²) in [5, 5.41) is 2.74. The number of nitrogens with two attached hydrogens (primary N) is 1. The van der Waals surface area contributed by atoms with Crippen molar-refractivity contribution in [2.24, 2.45) is 5.73 Å². The molecule has 84 valence electrons. The molecule has 1 aromatic rings. The van der Waals surface area contributed by atoms with E-state index in [1.807, 2.05) is 13.0 Å². The van der Waals surface area contributed by atoms with Gasteiger partial charge in [-0.15, -0.1) is 6.42 Å². The number of hydrogen-bond acceptors (Lipinski definition) is 2. The number of hydrogen-bond donors (Lipinski definition) is 2. The van der Waals surface area contributed by atoms with Gasteiger partial charge in [0, 0.05) is 11.3 Å². The largest absolute Gasteiger partial charge is 0.325 e. The fourth-order valence-corrected chi connectivity index (χ4v) is 1.36. The van der Waals surface area contributed by atoms with Crippen LogP contribution in [0.2, 0.25) is 0 Å². The van der Waals surface area contributed by atoms with E-state index in [1.54, 1.807) is 18.2 Å². The summed E-state index contributed by atoms with van der Waals surface area (Å²) in [6.45, 7) is 1.99. The van der Waals surface area contributed by atoms with Crippen molar-refractivity contribution in [3.63, 3.8) is 0 Å². The summed E-state index contributed by atoms with van der Waals surface area (Å²) in [6, 6.07) is 6.69. The quantitative estimate of drug-likeness (QED) is 0.753. The van der Waals surface area contributed by atoms with Crippen LogP contribution in [-0.4, -0.2) is 11.9 Å². The van der Waals surface area contributed by atoms with Gasteiger partial charge in [0.15, 0.2) is 0 Å². The molecule has 1 aromatic carbocycles. The van der Waals surface area contributed by atoms with Crippen molar-refractivity contribution in [1.82, 2.24) is 0 Å². The van der Waals surface area contributed by atoms with E-state index in [4.69, 9.17) is 12.2 Å². The highest BCUT2D eigenvalue weighted by Crippen LogP contribution is 2.10. The Kier molecular flexibility index (Phi) is 4.56. The van der Waals surface area contributed by atoms with Gasteiger partial charge in [-0.25, -0.2) is 0 Å². The van der Waals surface area contributed by atoms with Crippen molar-refractivity contribution in [2.45, 2.75) is 25.8 Å². The molecule has 0 heterocycles. The van der Waals surface area contributed by atoms with Crippen LogP contribution >= 0.6 is 0 Å². The molecule has 3 N–H and O–H groups in total. The summed E-state index contributed by atoms with van der Waals surface area (Å²) >= 11 is 0. The van der Waals surface area contributed by atoms with Gasteiger partial charge in [-0.05, 0) is 24.6 Å². The Bertz CT molecular complexity index is 407. The maximum atomic E-state index is 11.6. The van der Waals surface area contributed by atoms with Crippen LogP contribution in [0.15, 0.2) is 24.3 Å². The first-order chi connectivity index (χ1) is 7.67. The number of carbonyl (C=O) groups excluding carboxylic acids is 1. The third kappa shape index (κ3) is 3.41. The van der Waals surface area contributed by atoms with Gasteiger partial charge in [-0.1, -0.05) is 25.3 Å². The Balaban J connectivity index is 2.66. The van der Waals surface area contributed by atoms with Crippen molar-refractivity contribution in [2.75, 3.05) is 5.32 Å². The zero-order valence-corrected chi connectivity index (χ0v) is 9.36. The van der Waals surface area contributed by atoms with Crippen LogP contribution < -0.4 is 11.1 Å². The van der Waals surface area contributed by atoms with E-state index in [-0.39, 0.29) is 5.91 Å². The number of rotatable bonds is 4. The highest BCUT2D eigenvalue weighted by Gasteiger charge is 2.11. The molecule has 0 unspecified atom stereocenters. The number of anilines is 1. The Labute approximate surface area is 96.0 Å². The van der Waals surface area contributed by atoms with Crippen LogP contribution in [0.1, 0.15) is 25.3 Å². The second-order valence-corrected chi connectivity index (χ2v) is 3.61.